The number of rotatable bonds is 3. The summed E-state index contributed by atoms with van der Waals surface area (Å²) in [7, 11) is 0. The van der Waals surface area contributed by atoms with E-state index >= 15 is 0 Å². The van der Waals surface area contributed by atoms with Crippen molar-refractivity contribution in [2.75, 3.05) is 10.7 Å². The number of hydrazine groups is 1. The zero-order valence-electron chi connectivity index (χ0n) is 10.7. The molecule has 4 nitrogen and oxygen atoms in total. The zero-order chi connectivity index (χ0) is 14.7. The standard InChI is InChI=1S/C14H13BrClN3O/c1-8-5-6-11(19-17)9(7-8)14(20)18-12-4-2-3-10(16)13(12)15/h2-7,19H,17H2,1H3,(H,18,20). The first-order chi connectivity index (χ1) is 9.52. The van der Waals surface area contributed by atoms with Crippen LogP contribution in [-0.4, -0.2) is 5.91 Å². The van der Waals surface area contributed by atoms with Crippen LogP contribution < -0.4 is 16.6 Å². The lowest BCUT2D eigenvalue weighted by atomic mass is 10.1. The number of anilines is 2. The highest BCUT2D eigenvalue weighted by Crippen LogP contribution is 2.30. The van der Waals surface area contributed by atoms with Gasteiger partial charge in [0.2, 0.25) is 0 Å². The minimum Gasteiger partial charge on any atom is -0.323 e. The quantitative estimate of drug-likeness (QED) is 0.577. The first-order valence-electron chi connectivity index (χ1n) is 5.85. The lowest BCUT2D eigenvalue weighted by molar-refractivity contribution is 0.102. The Hall–Kier alpha value is -1.56. The van der Waals surface area contributed by atoms with Crippen LogP contribution in [0.15, 0.2) is 40.9 Å². The van der Waals surface area contributed by atoms with Gasteiger partial charge in [-0.05, 0) is 47.1 Å². The summed E-state index contributed by atoms with van der Waals surface area (Å²) in [4.78, 5) is 12.3. The zero-order valence-corrected chi connectivity index (χ0v) is 13.0. The van der Waals surface area contributed by atoms with Crippen LogP contribution in [0, 0.1) is 6.92 Å². The Morgan fingerprint density at radius 2 is 2.00 bits per heavy atom. The average Bonchev–Trinajstić information content (AvgIpc) is 2.43. The summed E-state index contributed by atoms with van der Waals surface area (Å²) >= 11 is 9.34. The maximum atomic E-state index is 12.3. The smallest absolute Gasteiger partial charge is 0.257 e. The van der Waals surface area contributed by atoms with E-state index in [1.54, 1.807) is 30.3 Å². The third-order valence-corrected chi connectivity index (χ3v) is 4.17. The van der Waals surface area contributed by atoms with Crippen LogP contribution in [0.1, 0.15) is 15.9 Å². The van der Waals surface area contributed by atoms with Crippen molar-refractivity contribution in [2.45, 2.75) is 6.92 Å². The molecule has 104 valence electrons. The molecule has 0 fully saturated rings. The van der Waals surface area contributed by atoms with Gasteiger partial charge in [0.15, 0.2) is 0 Å². The summed E-state index contributed by atoms with van der Waals surface area (Å²) in [6.45, 7) is 1.91. The predicted octanol–water partition coefficient (Wildman–Crippen LogP) is 3.95. The molecular formula is C14H13BrClN3O. The van der Waals surface area contributed by atoms with E-state index in [9.17, 15) is 4.79 Å². The van der Waals surface area contributed by atoms with Crippen LogP contribution in [0.25, 0.3) is 0 Å². The Balaban J connectivity index is 2.33. The molecule has 0 unspecified atom stereocenters. The second kappa shape index (κ2) is 6.26. The van der Waals surface area contributed by atoms with E-state index in [1.807, 2.05) is 13.0 Å². The molecular weight excluding hydrogens is 342 g/mol. The molecule has 0 spiro atoms. The van der Waals surface area contributed by atoms with Gasteiger partial charge in [-0.2, -0.15) is 0 Å². The molecule has 0 saturated carbocycles. The molecule has 6 heteroatoms. The fraction of sp³-hybridized carbons (Fsp3) is 0.0714. The highest BCUT2D eigenvalue weighted by molar-refractivity contribution is 9.10. The maximum absolute atomic E-state index is 12.3. The summed E-state index contributed by atoms with van der Waals surface area (Å²) < 4.78 is 0.643. The van der Waals surface area contributed by atoms with Gasteiger partial charge in [-0.15, -0.1) is 0 Å². The number of nitrogen functional groups attached to an aromatic ring is 1. The van der Waals surface area contributed by atoms with Crippen molar-refractivity contribution in [1.29, 1.82) is 0 Å². The lowest BCUT2D eigenvalue weighted by Crippen LogP contribution is -2.17. The number of hydrogen-bond donors (Lipinski definition) is 3. The first kappa shape index (κ1) is 14.8. The van der Waals surface area contributed by atoms with Crippen molar-refractivity contribution in [2.24, 2.45) is 5.84 Å². The van der Waals surface area contributed by atoms with Crippen LogP contribution >= 0.6 is 27.5 Å². The molecule has 0 aliphatic heterocycles. The molecule has 2 aromatic carbocycles. The van der Waals surface area contributed by atoms with Crippen LogP contribution in [0.3, 0.4) is 0 Å². The predicted molar refractivity (Wildman–Crippen MR) is 86.1 cm³/mol. The van der Waals surface area contributed by atoms with E-state index in [-0.39, 0.29) is 5.91 Å². The van der Waals surface area contributed by atoms with Gasteiger partial charge in [0.25, 0.3) is 5.91 Å². The molecule has 2 aromatic rings. The van der Waals surface area contributed by atoms with Crippen molar-refractivity contribution >= 4 is 44.8 Å². The molecule has 0 radical (unpaired) electrons. The molecule has 4 N–H and O–H groups in total. The van der Waals surface area contributed by atoms with Gasteiger partial charge in [-0.3, -0.25) is 10.6 Å². The average molecular weight is 355 g/mol. The largest absolute Gasteiger partial charge is 0.323 e. The number of hydrogen-bond acceptors (Lipinski definition) is 3. The highest BCUT2D eigenvalue weighted by Gasteiger charge is 2.13. The third-order valence-electron chi connectivity index (χ3n) is 2.77. The molecule has 20 heavy (non-hydrogen) atoms. The van der Waals surface area contributed by atoms with Crippen molar-refractivity contribution < 1.29 is 4.79 Å². The lowest BCUT2D eigenvalue weighted by Gasteiger charge is -2.12. The molecule has 0 heterocycles. The third kappa shape index (κ3) is 3.12. The van der Waals surface area contributed by atoms with Crippen molar-refractivity contribution in [3.63, 3.8) is 0 Å². The molecule has 0 aromatic heterocycles. The van der Waals surface area contributed by atoms with Crippen molar-refractivity contribution in [1.82, 2.24) is 0 Å². The van der Waals surface area contributed by atoms with Gasteiger partial charge < -0.3 is 10.7 Å². The summed E-state index contributed by atoms with van der Waals surface area (Å²) in [5, 5.41) is 3.34. The van der Waals surface area contributed by atoms with E-state index in [2.05, 4.69) is 26.7 Å². The summed E-state index contributed by atoms with van der Waals surface area (Å²) in [5.41, 5.74) is 5.13. The minimum atomic E-state index is -0.260. The number of carbonyl (C=O) groups is 1. The highest BCUT2D eigenvalue weighted by atomic mass is 79.9. The van der Waals surface area contributed by atoms with E-state index < -0.39 is 0 Å². The van der Waals surface area contributed by atoms with Gasteiger partial charge >= 0.3 is 0 Å². The van der Waals surface area contributed by atoms with Gasteiger partial charge in [0.1, 0.15) is 0 Å². The molecule has 1 amide bonds. The number of aryl methyl sites for hydroxylation is 1. The Morgan fingerprint density at radius 3 is 2.70 bits per heavy atom. The molecule has 0 bridgehead atoms. The fourth-order valence-electron chi connectivity index (χ4n) is 1.76. The van der Waals surface area contributed by atoms with Crippen LogP contribution in [-0.2, 0) is 0 Å². The first-order valence-corrected chi connectivity index (χ1v) is 7.02. The molecule has 2 rings (SSSR count). The van der Waals surface area contributed by atoms with Crippen molar-refractivity contribution in [3.8, 4) is 0 Å². The molecule has 0 aliphatic rings. The SMILES string of the molecule is Cc1ccc(NN)c(C(=O)Nc2cccc(Cl)c2Br)c1. The van der Waals surface area contributed by atoms with Crippen LogP contribution in [0.4, 0.5) is 11.4 Å². The van der Waals surface area contributed by atoms with Crippen molar-refractivity contribution in [3.05, 3.63) is 57.0 Å². The Bertz CT molecular complexity index is 661. The van der Waals surface area contributed by atoms with Crippen LogP contribution in [0.2, 0.25) is 5.02 Å². The van der Waals surface area contributed by atoms with E-state index in [0.717, 1.165) is 5.56 Å². The Morgan fingerprint density at radius 1 is 1.25 bits per heavy atom. The van der Waals surface area contributed by atoms with Gasteiger partial charge in [-0.25, -0.2) is 0 Å². The topological polar surface area (TPSA) is 67.1 Å². The molecule has 0 saturated heterocycles. The van der Waals surface area contributed by atoms with Gasteiger partial charge in [0.05, 0.1) is 26.4 Å². The molecule has 0 aliphatic carbocycles. The summed E-state index contributed by atoms with van der Waals surface area (Å²) in [6.07, 6.45) is 0. The number of nitrogens with one attached hydrogen (secondary N) is 2. The number of halogens is 2. The fourth-order valence-corrected chi connectivity index (χ4v) is 2.30. The number of nitrogens with two attached hydrogens (primary N) is 1. The number of carbonyl (C=O) groups excluding carboxylic acids is 1. The van der Waals surface area contributed by atoms with Gasteiger partial charge in [-0.1, -0.05) is 29.3 Å². The minimum absolute atomic E-state index is 0.260. The van der Waals surface area contributed by atoms with Crippen LogP contribution in [0.5, 0.6) is 0 Å². The number of amides is 1. The maximum Gasteiger partial charge on any atom is 0.257 e. The summed E-state index contributed by atoms with van der Waals surface area (Å²) in [6, 6.07) is 10.7. The second-order valence-corrected chi connectivity index (χ2v) is 5.45. The normalized spacial score (nSPS) is 10.2. The Kier molecular flexibility index (Phi) is 4.65. The number of benzene rings is 2. The van der Waals surface area contributed by atoms with Gasteiger partial charge in [0, 0.05) is 0 Å². The summed E-state index contributed by atoms with van der Waals surface area (Å²) in [5.74, 6) is 5.17. The second-order valence-electron chi connectivity index (χ2n) is 4.25. The van der Waals surface area contributed by atoms with E-state index in [0.29, 0.717) is 26.4 Å². The Labute approximate surface area is 130 Å². The van der Waals surface area contributed by atoms with E-state index in [1.165, 1.54) is 0 Å². The monoisotopic (exact) mass is 353 g/mol. The van der Waals surface area contributed by atoms with E-state index in [4.69, 9.17) is 17.4 Å². The molecule has 0 atom stereocenters.